The zero-order chi connectivity index (χ0) is 24.8. The van der Waals surface area contributed by atoms with E-state index in [4.69, 9.17) is 0 Å². The molecule has 0 aromatic heterocycles. The van der Waals surface area contributed by atoms with Crippen LogP contribution >= 0.6 is 0 Å². The summed E-state index contributed by atoms with van der Waals surface area (Å²) in [6, 6.07) is 8.57. The SMILES string of the molecule is CC(C)NS(=O)(=O)Cc1ccc(CNC(=O)[C@@H](NC(=O)c2c(F)cccc2F)C(C)C)cc1. The van der Waals surface area contributed by atoms with Crippen LogP contribution in [-0.4, -0.2) is 32.3 Å². The van der Waals surface area contributed by atoms with Gasteiger partial charge in [0.15, 0.2) is 0 Å². The van der Waals surface area contributed by atoms with Gasteiger partial charge < -0.3 is 10.6 Å². The molecule has 0 saturated heterocycles. The van der Waals surface area contributed by atoms with E-state index in [0.29, 0.717) is 5.56 Å². The van der Waals surface area contributed by atoms with Crippen molar-refractivity contribution in [2.45, 2.75) is 52.1 Å². The average Bonchev–Trinajstić information content (AvgIpc) is 2.69. The maximum atomic E-state index is 13.9. The molecular formula is C23H29F2N3O4S. The Morgan fingerprint density at radius 1 is 0.909 bits per heavy atom. The molecule has 0 spiro atoms. The van der Waals surface area contributed by atoms with Crippen LogP contribution < -0.4 is 15.4 Å². The predicted octanol–water partition coefficient (Wildman–Crippen LogP) is 2.86. The molecule has 0 bridgehead atoms. The highest BCUT2D eigenvalue weighted by molar-refractivity contribution is 7.88. The summed E-state index contributed by atoms with van der Waals surface area (Å²) in [6.07, 6.45) is 0. The molecule has 1 atom stereocenters. The fraction of sp³-hybridized carbons (Fsp3) is 0.391. The highest BCUT2D eigenvalue weighted by atomic mass is 32.2. The zero-order valence-corrected chi connectivity index (χ0v) is 19.8. The summed E-state index contributed by atoms with van der Waals surface area (Å²) < 4.78 is 54.3. The molecule has 0 aliphatic heterocycles. The molecule has 0 unspecified atom stereocenters. The Hall–Kier alpha value is -2.85. The molecule has 2 amide bonds. The van der Waals surface area contributed by atoms with Crippen molar-refractivity contribution in [2.75, 3.05) is 0 Å². The molecule has 7 nitrogen and oxygen atoms in total. The second-order valence-electron chi connectivity index (χ2n) is 8.36. The van der Waals surface area contributed by atoms with Crippen LogP contribution in [0.3, 0.4) is 0 Å². The topological polar surface area (TPSA) is 104 Å². The number of hydrogen-bond acceptors (Lipinski definition) is 4. The number of rotatable bonds is 10. The number of sulfonamides is 1. The van der Waals surface area contributed by atoms with Crippen LogP contribution in [0.2, 0.25) is 0 Å². The van der Waals surface area contributed by atoms with E-state index in [1.807, 2.05) is 0 Å². The van der Waals surface area contributed by atoms with Gasteiger partial charge in [-0.1, -0.05) is 44.2 Å². The van der Waals surface area contributed by atoms with Crippen molar-refractivity contribution in [1.82, 2.24) is 15.4 Å². The third-order valence-electron chi connectivity index (χ3n) is 4.69. The van der Waals surface area contributed by atoms with Gasteiger partial charge in [-0.3, -0.25) is 9.59 Å². The van der Waals surface area contributed by atoms with Crippen LogP contribution in [0.25, 0.3) is 0 Å². The lowest BCUT2D eigenvalue weighted by Crippen LogP contribution is -2.49. The van der Waals surface area contributed by atoms with E-state index in [1.54, 1.807) is 52.0 Å². The Labute approximate surface area is 193 Å². The van der Waals surface area contributed by atoms with Gasteiger partial charge >= 0.3 is 0 Å². The Morgan fingerprint density at radius 2 is 1.45 bits per heavy atom. The Kier molecular flexibility index (Phi) is 9.07. The maximum Gasteiger partial charge on any atom is 0.257 e. The Morgan fingerprint density at radius 3 is 1.97 bits per heavy atom. The summed E-state index contributed by atoms with van der Waals surface area (Å²) in [5, 5.41) is 5.08. The number of benzene rings is 2. The van der Waals surface area contributed by atoms with E-state index in [-0.39, 0.29) is 24.3 Å². The molecule has 0 heterocycles. The van der Waals surface area contributed by atoms with Crippen molar-refractivity contribution in [2.24, 2.45) is 5.92 Å². The van der Waals surface area contributed by atoms with E-state index in [0.717, 1.165) is 23.8 Å². The van der Waals surface area contributed by atoms with E-state index < -0.39 is 45.1 Å². The molecule has 0 fully saturated rings. The molecule has 2 rings (SSSR count). The Bertz CT molecular complexity index is 1070. The highest BCUT2D eigenvalue weighted by Crippen LogP contribution is 2.14. The lowest BCUT2D eigenvalue weighted by Gasteiger charge is -2.22. The summed E-state index contributed by atoms with van der Waals surface area (Å²) >= 11 is 0. The van der Waals surface area contributed by atoms with Crippen LogP contribution in [0.15, 0.2) is 42.5 Å². The van der Waals surface area contributed by atoms with Gasteiger partial charge in [0.25, 0.3) is 5.91 Å². The molecule has 0 aliphatic rings. The van der Waals surface area contributed by atoms with Gasteiger partial charge in [0.05, 0.1) is 5.75 Å². The lowest BCUT2D eigenvalue weighted by atomic mass is 10.0. The average molecular weight is 482 g/mol. The second kappa shape index (κ2) is 11.3. The molecule has 33 heavy (non-hydrogen) atoms. The molecule has 2 aromatic carbocycles. The summed E-state index contributed by atoms with van der Waals surface area (Å²) in [7, 11) is -3.45. The van der Waals surface area contributed by atoms with Crippen molar-refractivity contribution in [3.8, 4) is 0 Å². The monoisotopic (exact) mass is 481 g/mol. The number of amides is 2. The van der Waals surface area contributed by atoms with Gasteiger partial charge in [0, 0.05) is 12.6 Å². The largest absolute Gasteiger partial charge is 0.350 e. The van der Waals surface area contributed by atoms with Crippen LogP contribution in [0.1, 0.15) is 49.2 Å². The molecule has 0 aliphatic carbocycles. The van der Waals surface area contributed by atoms with Gasteiger partial charge in [-0.25, -0.2) is 21.9 Å². The summed E-state index contributed by atoms with van der Waals surface area (Å²) in [5.41, 5.74) is 0.571. The van der Waals surface area contributed by atoms with E-state index in [2.05, 4.69) is 15.4 Å². The third kappa shape index (κ3) is 7.90. The fourth-order valence-electron chi connectivity index (χ4n) is 3.14. The van der Waals surface area contributed by atoms with E-state index in [1.165, 1.54) is 0 Å². The van der Waals surface area contributed by atoms with Crippen molar-refractivity contribution in [3.63, 3.8) is 0 Å². The van der Waals surface area contributed by atoms with Gasteiger partial charge in [-0.05, 0) is 43.0 Å². The molecule has 10 heteroatoms. The van der Waals surface area contributed by atoms with Crippen molar-refractivity contribution in [3.05, 3.63) is 70.8 Å². The highest BCUT2D eigenvalue weighted by Gasteiger charge is 2.27. The standard InChI is InChI=1S/C23H29F2N3O4S/c1-14(2)21(27-22(29)20-18(24)6-5-7-19(20)25)23(30)26-12-16-8-10-17(11-9-16)13-33(31,32)28-15(3)4/h5-11,14-15,21,28H,12-13H2,1-4H3,(H,26,30)(H,27,29)/t21-/m0/s1. The molecule has 0 saturated carbocycles. The minimum absolute atomic E-state index is 0.128. The first kappa shape index (κ1) is 26.4. The lowest BCUT2D eigenvalue weighted by molar-refractivity contribution is -0.124. The molecule has 180 valence electrons. The molecule has 2 aromatic rings. The number of nitrogens with one attached hydrogen (secondary N) is 3. The first-order valence-corrected chi connectivity index (χ1v) is 12.1. The van der Waals surface area contributed by atoms with Crippen LogP contribution in [0, 0.1) is 17.6 Å². The Balaban J connectivity index is 2.00. The smallest absolute Gasteiger partial charge is 0.257 e. The van der Waals surface area contributed by atoms with Crippen LogP contribution in [0.5, 0.6) is 0 Å². The summed E-state index contributed by atoms with van der Waals surface area (Å²) in [5.74, 6) is -4.05. The third-order valence-corrected chi connectivity index (χ3v) is 6.23. The second-order valence-corrected chi connectivity index (χ2v) is 10.1. The number of halogens is 2. The quantitative estimate of drug-likeness (QED) is 0.485. The predicted molar refractivity (Wildman–Crippen MR) is 122 cm³/mol. The summed E-state index contributed by atoms with van der Waals surface area (Å²) in [4.78, 5) is 25.0. The maximum absolute atomic E-state index is 13.9. The number of carbonyl (C=O) groups excluding carboxylic acids is 2. The zero-order valence-electron chi connectivity index (χ0n) is 19.0. The van der Waals surface area contributed by atoms with E-state index >= 15 is 0 Å². The number of carbonyl (C=O) groups is 2. The van der Waals surface area contributed by atoms with E-state index in [9.17, 15) is 26.8 Å². The fourth-order valence-corrected chi connectivity index (χ4v) is 4.57. The van der Waals surface area contributed by atoms with Crippen molar-refractivity contribution in [1.29, 1.82) is 0 Å². The minimum Gasteiger partial charge on any atom is -0.350 e. The van der Waals surface area contributed by atoms with Crippen molar-refractivity contribution >= 4 is 21.8 Å². The number of hydrogen-bond donors (Lipinski definition) is 3. The van der Waals surface area contributed by atoms with Gasteiger partial charge in [0.1, 0.15) is 23.2 Å². The summed E-state index contributed by atoms with van der Waals surface area (Å²) in [6.45, 7) is 7.00. The van der Waals surface area contributed by atoms with Crippen LogP contribution in [0.4, 0.5) is 8.78 Å². The van der Waals surface area contributed by atoms with Gasteiger partial charge in [-0.15, -0.1) is 0 Å². The first-order chi connectivity index (χ1) is 15.4. The molecule has 3 N–H and O–H groups in total. The normalized spacial score (nSPS) is 12.6. The first-order valence-electron chi connectivity index (χ1n) is 10.5. The van der Waals surface area contributed by atoms with Crippen molar-refractivity contribution < 1.29 is 26.8 Å². The van der Waals surface area contributed by atoms with Crippen LogP contribution in [-0.2, 0) is 27.1 Å². The molecular weight excluding hydrogens is 452 g/mol. The minimum atomic E-state index is -3.45. The van der Waals surface area contributed by atoms with Gasteiger partial charge in [-0.2, -0.15) is 0 Å². The van der Waals surface area contributed by atoms with Gasteiger partial charge in [0.2, 0.25) is 15.9 Å². The molecule has 0 radical (unpaired) electrons.